The Morgan fingerprint density at radius 3 is 2.46 bits per heavy atom. The Bertz CT molecular complexity index is 808. The van der Waals surface area contributed by atoms with Gasteiger partial charge in [-0.1, -0.05) is 0 Å². The lowest BCUT2D eigenvalue weighted by atomic mass is 10.3. The molecule has 24 heavy (non-hydrogen) atoms. The molecule has 0 atom stereocenters. The Hall–Kier alpha value is -3.03. The summed E-state index contributed by atoms with van der Waals surface area (Å²) in [6.45, 7) is 5.45. The van der Waals surface area contributed by atoms with Crippen LogP contribution in [0.1, 0.15) is 5.69 Å². The number of anilines is 2. The highest BCUT2D eigenvalue weighted by Crippen LogP contribution is 2.17. The topological polar surface area (TPSA) is 75.9 Å². The summed E-state index contributed by atoms with van der Waals surface area (Å²) < 4.78 is 1.74. The van der Waals surface area contributed by atoms with Crippen molar-refractivity contribution in [2.24, 2.45) is 0 Å². The molecule has 0 saturated carbocycles. The van der Waals surface area contributed by atoms with Gasteiger partial charge in [0.05, 0.1) is 0 Å². The fourth-order valence-corrected chi connectivity index (χ4v) is 2.76. The van der Waals surface area contributed by atoms with Crippen molar-refractivity contribution in [3.63, 3.8) is 0 Å². The molecule has 1 aliphatic rings. The molecule has 0 bridgehead atoms. The highest BCUT2D eigenvalue weighted by molar-refractivity contribution is 5.45. The van der Waals surface area contributed by atoms with Crippen LogP contribution in [0.3, 0.4) is 0 Å². The molecule has 0 unspecified atom stereocenters. The smallest absolute Gasteiger partial charge is 0.225 e. The number of aromatic nitrogens is 6. The van der Waals surface area contributed by atoms with Crippen molar-refractivity contribution in [3.05, 3.63) is 48.8 Å². The van der Waals surface area contributed by atoms with Gasteiger partial charge in [0.1, 0.15) is 12.1 Å². The van der Waals surface area contributed by atoms with E-state index in [4.69, 9.17) is 0 Å². The van der Waals surface area contributed by atoms with Crippen molar-refractivity contribution in [2.75, 3.05) is 36.0 Å². The summed E-state index contributed by atoms with van der Waals surface area (Å²) in [5.74, 6) is 2.49. The van der Waals surface area contributed by atoms with Crippen LogP contribution in [-0.2, 0) is 0 Å². The fourth-order valence-electron chi connectivity index (χ4n) is 2.76. The van der Waals surface area contributed by atoms with Crippen LogP contribution in [0, 0.1) is 6.92 Å². The number of rotatable bonds is 3. The SMILES string of the molecule is Cc1ccnc(N2CCN(c3cc(-n4cccn4)ncn3)CC2)n1. The van der Waals surface area contributed by atoms with Gasteiger partial charge in [-0.2, -0.15) is 5.10 Å². The van der Waals surface area contributed by atoms with Gasteiger partial charge in [0.15, 0.2) is 5.82 Å². The van der Waals surface area contributed by atoms with E-state index in [0.717, 1.165) is 49.5 Å². The highest BCUT2D eigenvalue weighted by Gasteiger charge is 2.20. The predicted molar refractivity (Wildman–Crippen MR) is 90.3 cm³/mol. The van der Waals surface area contributed by atoms with Gasteiger partial charge in [-0.05, 0) is 19.1 Å². The Balaban J connectivity index is 1.47. The lowest BCUT2D eigenvalue weighted by molar-refractivity contribution is 0.632. The minimum absolute atomic E-state index is 0.773. The van der Waals surface area contributed by atoms with E-state index in [2.05, 4.69) is 34.8 Å². The zero-order valence-electron chi connectivity index (χ0n) is 13.4. The average molecular weight is 322 g/mol. The first-order chi connectivity index (χ1) is 11.8. The molecular formula is C16H18N8. The van der Waals surface area contributed by atoms with Crippen LogP contribution in [0.25, 0.3) is 5.82 Å². The quantitative estimate of drug-likeness (QED) is 0.714. The minimum Gasteiger partial charge on any atom is -0.353 e. The summed E-state index contributed by atoms with van der Waals surface area (Å²) >= 11 is 0. The largest absolute Gasteiger partial charge is 0.353 e. The summed E-state index contributed by atoms with van der Waals surface area (Å²) in [4.78, 5) is 22.0. The molecule has 0 N–H and O–H groups in total. The number of hydrogen-bond donors (Lipinski definition) is 0. The summed E-state index contributed by atoms with van der Waals surface area (Å²) in [6.07, 6.45) is 7.01. The molecule has 3 aromatic rings. The van der Waals surface area contributed by atoms with Crippen LogP contribution in [0.2, 0.25) is 0 Å². The third kappa shape index (κ3) is 2.90. The van der Waals surface area contributed by atoms with Crippen LogP contribution in [-0.4, -0.2) is 55.9 Å². The van der Waals surface area contributed by atoms with Crippen LogP contribution in [0.15, 0.2) is 43.1 Å². The Morgan fingerprint density at radius 2 is 1.71 bits per heavy atom. The van der Waals surface area contributed by atoms with Crippen LogP contribution in [0.5, 0.6) is 0 Å². The molecule has 8 nitrogen and oxygen atoms in total. The van der Waals surface area contributed by atoms with Crippen molar-refractivity contribution in [2.45, 2.75) is 6.92 Å². The maximum atomic E-state index is 4.50. The predicted octanol–water partition coefficient (Wildman–Crippen LogP) is 1.09. The molecule has 1 aliphatic heterocycles. The molecule has 0 aromatic carbocycles. The zero-order valence-corrected chi connectivity index (χ0v) is 13.4. The first kappa shape index (κ1) is 14.6. The Labute approximate surface area is 139 Å². The van der Waals surface area contributed by atoms with Crippen molar-refractivity contribution in [1.29, 1.82) is 0 Å². The molecule has 0 spiro atoms. The average Bonchev–Trinajstić information content (AvgIpc) is 3.17. The summed E-state index contributed by atoms with van der Waals surface area (Å²) in [6, 6.07) is 5.76. The third-order valence-corrected chi connectivity index (χ3v) is 4.05. The normalized spacial score (nSPS) is 14.9. The maximum absolute atomic E-state index is 4.50. The second kappa shape index (κ2) is 6.23. The second-order valence-corrected chi connectivity index (χ2v) is 5.66. The van der Waals surface area contributed by atoms with Gasteiger partial charge in [-0.3, -0.25) is 0 Å². The van der Waals surface area contributed by atoms with E-state index in [1.54, 1.807) is 17.2 Å². The van der Waals surface area contributed by atoms with E-state index in [1.807, 2.05) is 37.5 Å². The molecule has 8 heteroatoms. The standard InChI is InChI=1S/C16H18N8/c1-13-3-5-17-16(21-13)23-9-7-22(8-10-23)14-11-15(19-12-18-14)24-6-2-4-20-24/h2-6,11-12H,7-10H2,1H3. The van der Waals surface area contributed by atoms with Crippen LogP contribution in [0.4, 0.5) is 11.8 Å². The number of piperazine rings is 1. The van der Waals surface area contributed by atoms with E-state index in [-0.39, 0.29) is 0 Å². The van der Waals surface area contributed by atoms with E-state index < -0.39 is 0 Å². The first-order valence-corrected chi connectivity index (χ1v) is 7.91. The zero-order chi connectivity index (χ0) is 16.4. The molecular weight excluding hydrogens is 304 g/mol. The molecule has 0 amide bonds. The van der Waals surface area contributed by atoms with E-state index >= 15 is 0 Å². The van der Waals surface area contributed by atoms with Crippen molar-refractivity contribution < 1.29 is 0 Å². The van der Waals surface area contributed by atoms with Crippen molar-refractivity contribution in [3.8, 4) is 5.82 Å². The first-order valence-electron chi connectivity index (χ1n) is 7.91. The highest BCUT2D eigenvalue weighted by atomic mass is 15.3. The minimum atomic E-state index is 0.773. The lowest BCUT2D eigenvalue weighted by Crippen LogP contribution is -2.47. The van der Waals surface area contributed by atoms with Gasteiger partial charge in [0.25, 0.3) is 0 Å². The molecule has 1 fully saturated rings. The molecule has 0 radical (unpaired) electrons. The molecule has 4 rings (SSSR count). The molecule has 0 aliphatic carbocycles. The van der Waals surface area contributed by atoms with Crippen LogP contribution >= 0.6 is 0 Å². The van der Waals surface area contributed by atoms with Gasteiger partial charge in [-0.25, -0.2) is 24.6 Å². The molecule has 122 valence electrons. The lowest BCUT2D eigenvalue weighted by Gasteiger charge is -2.35. The Morgan fingerprint density at radius 1 is 0.917 bits per heavy atom. The second-order valence-electron chi connectivity index (χ2n) is 5.66. The van der Waals surface area contributed by atoms with Crippen molar-refractivity contribution in [1.82, 2.24) is 29.7 Å². The summed E-state index contributed by atoms with van der Waals surface area (Å²) in [7, 11) is 0. The van der Waals surface area contributed by atoms with E-state index in [9.17, 15) is 0 Å². The summed E-state index contributed by atoms with van der Waals surface area (Å²) in [5, 5.41) is 4.22. The van der Waals surface area contributed by atoms with Gasteiger partial charge in [0, 0.05) is 56.5 Å². The van der Waals surface area contributed by atoms with Gasteiger partial charge < -0.3 is 9.80 Å². The Kier molecular flexibility index (Phi) is 3.78. The monoisotopic (exact) mass is 322 g/mol. The molecule has 3 aromatic heterocycles. The van der Waals surface area contributed by atoms with Gasteiger partial charge >= 0.3 is 0 Å². The molecule has 4 heterocycles. The van der Waals surface area contributed by atoms with E-state index in [0.29, 0.717) is 0 Å². The third-order valence-electron chi connectivity index (χ3n) is 4.05. The summed E-state index contributed by atoms with van der Waals surface area (Å²) in [5.41, 5.74) is 0.988. The van der Waals surface area contributed by atoms with Gasteiger partial charge in [-0.15, -0.1) is 0 Å². The van der Waals surface area contributed by atoms with Crippen LogP contribution < -0.4 is 9.80 Å². The van der Waals surface area contributed by atoms with Crippen molar-refractivity contribution >= 4 is 11.8 Å². The fraction of sp³-hybridized carbons (Fsp3) is 0.312. The maximum Gasteiger partial charge on any atom is 0.225 e. The number of nitrogens with zero attached hydrogens (tertiary/aromatic N) is 8. The number of aryl methyl sites for hydroxylation is 1. The van der Waals surface area contributed by atoms with E-state index in [1.165, 1.54) is 0 Å². The number of hydrogen-bond acceptors (Lipinski definition) is 7. The molecule has 1 saturated heterocycles. The van der Waals surface area contributed by atoms with Gasteiger partial charge in [0.2, 0.25) is 5.95 Å².